The predicted octanol–water partition coefficient (Wildman–Crippen LogP) is 2.10. The maximum Gasteiger partial charge on any atom is 0.407 e. The number of imide groups is 2. The van der Waals surface area contributed by atoms with Crippen LogP contribution in [0.2, 0.25) is 0 Å². The molecule has 0 radical (unpaired) electrons. The molecule has 1 aliphatic carbocycles. The zero-order valence-corrected chi connectivity index (χ0v) is 23.0. The lowest BCUT2D eigenvalue weighted by Crippen LogP contribution is -2.51. The lowest BCUT2D eigenvalue weighted by molar-refractivity contribution is -0.141. The van der Waals surface area contributed by atoms with Crippen molar-refractivity contribution in [3.05, 3.63) is 0 Å². The Balaban J connectivity index is 1.47. The molecule has 0 aromatic heterocycles. The first-order valence-corrected chi connectivity index (χ1v) is 13.2. The minimum Gasteiger partial charge on any atom is -0.445 e. The van der Waals surface area contributed by atoms with Crippen LogP contribution in [0.25, 0.3) is 0 Å². The Hall–Kier alpha value is -3.18. The van der Waals surface area contributed by atoms with Crippen molar-refractivity contribution < 1.29 is 38.2 Å². The largest absolute Gasteiger partial charge is 0.445 e. The van der Waals surface area contributed by atoms with Gasteiger partial charge >= 0.3 is 12.2 Å². The molecule has 2 aliphatic heterocycles. The van der Waals surface area contributed by atoms with Crippen molar-refractivity contribution in [1.29, 1.82) is 0 Å². The molecular formula is C26H40N4O8. The molecular weight excluding hydrogens is 496 g/mol. The molecule has 3 fully saturated rings. The van der Waals surface area contributed by atoms with Crippen molar-refractivity contribution in [2.24, 2.45) is 10.8 Å². The van der Waals surface area contributed by atoms with Gasteiger partial charge in [-0.3, -0.25) is 29.0 Å². The van der Waals surface area contributed by atoms with Crippen LogP contribution in [0.4, 0.5) is 9.59 Å². The maximum absolute atomic E-state index is 12.6. The highest BCUT2D eigenvalue weighted by molar-refractivity contribution is 6.02. The lowest BCUT2D eigenvalue weighted by Gasteiger charge is -2.46. The quantitative estimate of drug-likeness (QED) is 0.425. The van der Waals surface area contributed by atoms with Crippen molar-refractivity contribution in [2.45, 2.75) is 97.8 Å². The van der Waals surface area contributed by atoms with E-state index < -0.39 is 24.4 Å². The number of rotatable bonds is 9. The Morgan fingerprint density at radius 3 is 1.74 bits per heavy atom. The molecule has 1 saturated carbocycles. The number of hydrogen-bond acceptors (Lipinski definition) is 8. The van der Waals surface area contributed by atoms with Crippen LogP contribution < -0.4 is 10.6 Å². The molecule has 2 saturated heterocycles. The van der Waals surface area contributed by atoms with Crippen LogP contribution in [0.5, 0.6) is 0 Å². The Kier molecular flexibility index (Phi) is 9.04. The highest BCUT2D eigenvalue weighted by Crippen LogP contribution is 2.45. The van der Waals surface area contributed by atoms with Crippen LogP contribution in [0.3, 0.4) is 0 Å². The van der Waals surface area contributed by atoms with Crippen molar-refractivity contribution in [3.8, 4) is 0 Å². The molecule has 4 atom stereocenters. The Morgan fingerprint density at radius 2 is 1.26 bits per heavy atom. The Morgan fingerprint density at radius 1 is 0.816 bits per heavy atom. The molecule has 212 valence electrons. The molecule has 4 unspecified atom stereocenters. The fraction of sp³-hybridized carbons (Fsp3) is 0.769. The van der Waals surface area contributed by atoms with E-state index in [-0.39, 0.29) is 79.3 Å². The normalized spacial score (nSPS) is 26.8. The van der Waals surface area contributed by atoms with Gasteiger partial charge in [0.2, 0.25) is 23.6 Å². The molecule has 0 aromatic rings. The summed E-state index contributed by atoms with van der Waals surface area (Å²) in [6.07, 6.45) is 0.314. The zero-order chi connectivity index (χ0) is 28.3. The number of amides is 6. The highest BCUT2D eigenvalue weighted by atomic mass is 16.6. The van der Waals surface area contributed by atoms with Crippen LogP contribution in [-0.2, 0) is 28.7 Å². The number of carbonyl (C=O) groups is 6. The third-order valence-corrected chi connectivity index (χ3v) is 7.23. The van der Waals surface area contributed by atoms with E-state index in [2.05, 4.69) is 24.5 Å². The smallest absolute Gasteiger partial charge is 0.407 e. The molecule has 3 rings (SSSR count). The van der Waals surface area contributed by atoms with E-state index in [9.17, 15) is 28.8 Å². The maximum atomic E-state index is 12.6. The SMILES string of the molecule is CC(CN1C(=O)CCC1=O)OC(=O)NCC1(C)CC(NC(=O)OC(C)CN2C(=O)CCC2=O)CC(C)(C)C1. The summed E-state index contributed by atoms with van der Waals surface area (Å²) < 4.78 is 10.8. The van der Waals surface area contributed by atoms with Crippen molar-refractivity contribution in [3.63, 3.8) is 0 Å². The molecule has 3 aliphatic rings. The highest BCUT2D eigenvalue weighted by Gasteiger charge is 2.42. The average molecular weight is 537 g/mol. The molecule has 12 nitrogen and oxygen atoms in total. The third kappa shape index (κ3) is 7.91. The summed E-state index contributed by atoms with van der Waals surface area (Å²) in [5.41, 5.74) is -0.469. The van der Waals surface area contributed by atoms with Gasteiger partial charge < -0.3 is 20.1 Å². The van der Waals surface area contributed by atoms with Gasteiger partial charge in [0.05, 0.1) is 13.1 Å². The van der Waals surface area contributed by atoms with Gasteiger partial charge in [-0.05, 0) is 43.9 Å². The van der Waals surface area contributed by atoms with E-state index in [0.717, 1.165) is 16.2 Å². The number of carbonyl (C=O) groups excluding carboxylic acids is 6. The van der Waals surface area contributed by atoms with E-state index >= 15 is 0 Å². The summed E-state index contributed by atoms with van der Waals surface area (Å²) in [6, 6.07) is -0.206. The molecule has 12 heteroatoms. The fourth-order valence-electron chi connectivity index (χ4n) is 6.01. The predicted molar refractivity (Wildman–Crippen MR) is 134 cm³/mol. The first kappa shape index (κ1) is 29.4. The summed E-state index contributed by atoms with van der Waals surface area (Å²) in [5.74, 6) is -1.03. The van der Waals surface area contributed by atoms with Gasteiger partial charge in [-0.2, -0.15) is 0 Å². The number of ether oxygens (including phenoxy) is 2. The van der Waals surface area contributed by atoms with E-state index in [1.54, 1.807) is 13.8 Å². The van der Waals surface area contributed by atoms with Crippen LogP contribution in [0, 0.1) is 10.8 Å². The second-order valence-electron chi connectivity index (χ2n) is 12.0. The van der Waals surface area contributed by atoms with Gasteiger partial charge in [-0.15, -0.1) is 0 Å². The average Bonchev–Trinajstić information content (AvgIpc) is 3.26. The molecule has 38 heavy (non-hydrogen) atoms. The first-order valence-electron chi connectivity index (χ1n) is 13.2. The summed E-state index contributed by atoms with van der Waals surface area (Å²) in [4.78, 5) is 74.5. The molecule has 2 N–H and O–H groups in total. The van der Waals surface area contributed by atoms with E-state index in [4.69, 9.17) is 9.47 Å². The molecule has 0 spiro atoms. The van der Waals surface area contributed by atoms with E-state index in [0.29, 0.717) is 19.4 Å². The van der Waals surface area contributed by atoms with Gasteiger partial charge in [0.25, 0.3) is 0 Å². The number of hydrogen-bond donors (Lipinski definition) is 2. The zero-order valence-electron chi connectivity index (χ0n) is 23.0. The van der Waals surface area contributed by atoms with E-state index in [1.807, 2.05) is 6.92 Å². The number of alkyl carbamates (subject to hydrolysis) is 2. The van der Waals surface area contributed by atoms with Crippen LogP contribution in [0.15, 0.2) is 0 Å². The summed E-state index contributed by atoms with van der Waals surface area (Å²) in [6.45, 7) is 9.87. The number of likely N-dealkylation sites (tertiary alicyclic amines) is 2. The molecule has 0 bridgehead atoms. The minimum absolute atomic E-state index is 0.0298. The lowest BCUT2D eigenvalue weighted by atomic mass is 9.62. The van der Waals surface area contributed by atoms with E-state index in [1.165, 1.54) is 0 Å². The third-order valence-electron chi connectivity index (χ3n) is 7.23. The summed E-state index contributed by atoms with van der Waals surface area (Å²) in [5, 5.41) is 5.71. The monoisotopic (exact) mass is 536 g/mol. The Labute approximate surface area is 223 Å². The van der Waals surface area contributed by atoms with Crippen LogP contribution in [0.1, 0.15) is 79.6 Å². The van der Waals surface area contributed by atoms with Crippen molar-refractivity contribution in [2.75, 3.05) is 19.6 Å². The van der Waals surface area contributed by atoms with Gasteiger partial charge in [0, 0.05) is 38.3 Å². The van der Waals surface area contributed by atoms with Gasteiger partial charge in [0.1, 0.15) is 12.2 Å². The second-order valence-corrected chi connectivity index (χ2v) is 12.0. The van der Waals surface area contributed by atoms with Crippen LogP contribution >= 0.6 is 0 Å². The van der Waals surface area contributed by atoms with Crippen molar-refractivity contribution in [1.82, 2.24) is 20.4 Å². The standard InChI is InChI=1S/C26H40N4O8/c1-16(12-29-19(31)6-7-20(29)32)37-23(35)27-15-26(5)11-18(10-25(3,4)14-26)28-24(36)38-17(2)13-30-21(33)8-9-22(30)34/h16-18H,6-15H2,1-5H3,(H,27,35)(H,28,36). The van der Waals surface area contributed by atoms with Gasteiger partial charge in [-0.1, -0.05) is 20.8 Å². The summed E-state index contributed by atoms with van der Waals surface area (Å²) >= 11 is 0. The van der Waals surface area contributed by atoms with Crippen molar-refractivity contribution >= 4 is 35.8 Å². The molecule has 0 aromatic carbocycles. The summed E-state index contributed by atoms with van der Waals surface area (Å²) in [7, 11) is 0. The molecule has 2 heterocycles. The van der Waals surface area contributed by atoms with Gasteiger partial charge in [0.15, 0.2) is 0 Å². The molecule has 6 amide bonds. The fourth-order valence-corrected chi connectivity index (χ4v) is 6.01. The van der Waals surface area contributed by atoms with Crippen LogP contribution in [-0.4, -0.2) is 83.5 Å². The second kappa shape index (κ2) is 11.7. The number of nitrogens with zero attached hydrogens (tertiary/aromatic N) is 2. The minimum atomic E-state index is -0.645. The van der Waals surface area contributed by atoms with Gasteiger partial charge in [-0.25, -0.2) is 9.59 Å². The number of nitrogens with one attached hydrogen (secondary N) is 2. The Bertz CT molecular complexity index is 950. The topological polar surface area (TPSA) is 151 Å². The first-order chi connectivity index (χ1) is 17.7.